The highest BCUT2D eigenvalue weighted by Crippen LogP contribution is 2.27. The Hall–Kier alpha value is -3.51. The molecule has 0 aliphatic rings. The molecule has 3 aromatic carbocycles. The van der Waals surface area contributed by atoms with Crippen LogP contribution < -0.4 is 10.6 Å². The number of nitrogens with one attached hydrogen (secondary N) is 2. The van der Waals surface area contributed by atoms with Gasteiger partial charge in [-0.3, -0.25) is 14.9 Å². The average Bonchev–Trinajstić information content (AvgIpc) is 3.10. The Kier molecular flexibility index (Phi) is 4.87. The summed E-state index contributed by atoms with van der Waals surface area (Å²) in [5.74, 6) is -0.494. The molecular formula is C22H17N3O2S. The molecule has 1 aromatic heterocycles. The van der Waals surface area contributed by atoms with E-state index in [1.807, 2.05) is 31.2 Å². The summed E-state index contributed by atoms with van der Waals surface area (Å²) in [6, 6.07) is 21.7. The molecule has 4 rings (SSSR count). The third-order valence-electron chi connectivity index (χ3n) is 4.18. The number of aryl methyl sites for hydroxylation is 1. The lowest BCUT2D eigenvalue weighted by Crippen LogP contribution is -2.14. The number of thiazole rings is 1. The van der Waals surface area contributed by atoms with Crippen LogP contribution in [0.5, 0.6) is 0 Å². The molecule has 0 saturated carbocycles. The fraction of sp³-hybridized carbons (Fsp3) is 0.0455. The van der Waals surface area contributed by atoms with E-state index >= 15 is 0 Å². The second-order valence-corrected chi connectivity index (χ2v) is 7.38. The number of hydrogen-bond acceptors (Lipinski definition) is 4. The van der Waals surface area contributed by atoms with Crippen molar-refractivity contribution in [2.45, 2.75) is 6.92 Å². The van der Waals surface area contributed by atoms with Crippen molar-refractivity contribution in [1.29, 1.82) is 0 Å². The maximum atomic E-state index is 12.6. The second kappa shape index (κ2) is 7.62. The first-order valence-corrected chi connectivity index (χ1v) is 9.55. The van der Waals surface area contributed by atoms with Gasteiger partial charge in [-0.05, 0) is 55.0 Å². The van der Waals surface area contributed by atoms with Crippen molar-refractivity contribution in [2.24, 2.45) is 0 Å². The molecule has 1 heterocycles. The summed E-state index contributed by atoms with van der Waals surface area (Å²) in [5, 5.41) is 6.19. The van der Waals surface area contributed by atoms with Crippen molar-refractivity contribution in [3.05, 3.63) is 89.5 Å². The van der Waals surface area contributed by atoms with Crippen molar-refractivity contribution in [3.8, 4) is 0 Å². The van der Waals surface area contributed by atoms with Crippen LogP contribution in [0.1, 0.15) is 26.3 Å². The molecule has 4 aromatic rings. The summed E-state index contributed by atoms with van der Waals surface area (Å²) in [5.41, 5.74) is 3.57. The lowest BCUT2D eigenvalue weighted by molar-refractivity contribution is 0.101. The summed E-state index contributed by atoms with van der Waals surface area (Å²) >= 11 is 1.43. The number of anilines is 2. The number of carbonyl (C=O) groups excluding carboxylic acids is 2. The van der Waals surface area contributed by atoms with Crippen molar-refractivity contribution >= 4 is 44.2 Å². The highest BCUT2D eigenvalue weighted by molar-refractivity contribution is 7.22. The standard InChI is InChI=1S/C22H17N3O2S/c1-14-10-11-18-19(12-14)28-22(24-18)25-21(27)16-8-5-9-17(13-16)23-20(26)15-6-3-2-4-7-15/h2-13H,1H3,(H,23,26)(H,24,25,27). The Bertz CT molecular complexity index is 1170. The molecule has 0 radical (unpaired) electrons. The van der Waals surface area contributed by atoms with Gasteiger partial charge in [0, 0.05) is 16.8 Å². The van der Waals surface area contributed by atoms with Crippen LogP contribution in [0.15, 0.2) is 72.8 Å². The van der Waals surface area contributed by atoms with Crippen LogP contribution in [0.2, 0.25) is 0 Å². The van der Waals surface area contributed by atoms with Crippen molar-refractivity contribution in [1.82, 2.24) is 4.98 Å². The summed E-state index contributed by atoms with van der Waals surface area (Å²) in [7, 11) is 0. The smallest absolute Gasteiger partial charge is 0.257 e. The van der Waals surface area contributed by atoms with Crippen molar-refractivity contribution in [2.75, 3.05) is 10.6 Å². The first kappa shape index (κ1) is 17.9. The van der Waals surface area contributed by atoms with E-state index in [-0.39, 0.29) is 11.8 Å². The predicted molar refractivity (Wildman–Crippen MR) is 113 cm³/mol. The molecule has 2 N–H and O–H groups in total. The molecule has 0 aliphatic heterocycles. The molecule has 0 fully saturated rings. The van der Waals surface area contributed by atoms with E-state index in [1.54, 1.807) is 48.5 Å². The van der Waals surface area contributed by atoms with Gasteiger partial charge in [0.1, 0.15) is 0 Å². The Morgan fingerprint density at radius 2 is 1.57 bits per heavy atom. The van der Waals surface area contributed by atoms with Gasteiger partial charge in [-0.1, -0.05) is 41.7 Å². The minimum Gasteiger partial charge on any atom is -0.322 e. The van der Waals surface area contributed by atoms with E-state index in [4.69, 9.17) is 0 Å². The minimum absolute atomic E-state index is 0.222. The Labute approximate surface area is 166 Å². The maximum Gasteiger partial charge on any atom is 0.257 e. The van der Waals surface area contributed by atoms with Gasteiger partial charge in [0.25, 0.3) is 11.8 Å². The third-order valence-corrected chi connectivity index (χ3v) is 5.12. The zero-order chi connectivity index (χ0) is 19.5. The molecule has 0 spiro atoms. The third kappa shape index (κ3) is 3.92. The van der Waals surface area contributed by atoms with E-state index in [0.717, 1.165) is 15.8 Å². The summed E-state index contributed by atoms with van der Waals surface area (Å²) in [4.78, 5) is 29.3. The zero-order valence-electron chi connectivity index (χ0n) is 15.1. The number of rotatable bonds is 4. The number of nitrogens with zero attached hydrogens (tertiary/aromatic N) is 1. The fourth-order valence-corrected chi connectivity index (χ4v) is 3.74. The number of amides is 2. The van der Waals surface area contributed by atoms with Gasteiger partial charge >= 0.3 is 0 Å². The van der Waals surface area contributed by atoms with Gasteiger partial charge in [-0.15, -0.1) is 0 Å². The molecule has 2 amide bonds. The quantitative estimate of drug-likeness (QED) is 0.511. The van der Waals surface area contributed by atoms with E-state index in [1.165, 1.54) is 11.3 Å². The number of benzene rings is 3. The number of carbonyl (C=O) groups is 2. The van der Waals surface area contributed by atoms with Crippen LogP contribution in [0.25, 0.3) is 10.2 Å². The van der Waals surface area contributed by atoms with Crippen LogP contribution in [0.3, 0.4) is 0 Å². The second-order valence-electron chi connectivity index (χ2n) is 6.35. The van der Waals surface area contributed by atoms with E-state index in [2.05, 4.69) is 15.6 Å². The van der Waals surface area contributed by atoms with Gasteiger partial charge in [-0.25, -0.2) is 4.98 Å². The fourth-order valence-electron chi connectivity index (χ4n) is 2.79. The lowest BCUT2D eigenvalue weighted by atomic mass is 10.1. The first-order chi connectivity index (χ1) is 13.6. The van der Waals surface area contributed by atoms with Crippen LogP contribution in [0, 0.1) is 6.92 Å². The molecule has 0 saturated heterocycles. The number of fused-ring (bicyclic) bond motifs is 1. The molecule has 0 unspecified atom stereocenters. The van der Waals surface area contributed by atoms with Gasteiger partial charge < -0.3 is 5.32 Å². The zero-order valence-corrected chi connectivity index (χ0v) is 15.9. The monoisotopic (exact) mass is 387 g/mol. The molecule has 28 heavy (non-hydrogen) atoms. The maximum absolute atomic E-state index is 12.6. The van der Waals surface area contributed by atoms with E-state index in [9.17, 15) is 9.59 Å². The Morgan fingerprint density at radius 3 is 2.39 bits per heavy atom. The minimum atomic E-state index is -0.272. The van der Waals surface area contributed by atoms with Crippen molar-refractivity contribution in [3.63, 3.8) is 0 Å². The molecule has 5 nitrogen and oxygen atoms in total. The van der Waals surface area contributed by atoms with Gasteiger partial charge in [0.2, 0.25) is 0 Å². The van der Waals surface area contributed by atoms with E-state index < -0.39 is 0 Å². The van der Waals surface area contributed by atoms with Crippen LogP contribution >= 0.6 is 11.3 Å². The predicted octanol–water partition coefficient (Wildman–Crippen LogP) is 5.11. The number of aromatic nitrogens is 1. The van der Waals surface area contributed by atoms with Crippen LogP contribution in [-0.4, -0.2) is 16.8 Å². The molecule has 138 valence electrons. The van der Waals surface area contributed by atoms with Crippen molar-refractivity contribution < 1.29 is 9.59 Å². The van der Waals surface area contributed by atoms with Crippen LogP contribution in [0.4, 0.5) is 10.8 Å². The first-order valence-electron chi connectivity index (χ1n) is 8.73. The summed E-state index contributed by atoms with van der Waals surface area (Å²) in [6.45, 7) is 2.02. The lowest BCUT2D eigenvalue weighted by Gasteiger charge is -2.07. The topological polar surface area (TPSA) is 71.1 Å². The van der Waals surface area contributed by atoms with Gasteiger partial charge in [0.05, 0.1) is 10.2 Å². The largest absolute Gasteiger partial charge is 0.322 e. The van der Waals surface area contributed by atoms with E-state index in [0.29, 0.717) is 21.9 Å². The highest BCUT2D eigenvalue weighted by atomic mass is 32.1. The summed E-state index contributed by atoms with van der Waals surface area (Å²) < 4.78 is 1.03. The van der Waals surface area contributed by atoms with Gasteiger partial charge in [-0.2, -0.15) is 0 Å². The molecule has 0 bridgehead atoms. The SMILES string of the molecule is Cc1ccc2nc(NC(=O)c3cccc(NC(=O)c4ccccc4)c3)sc2c1. The molecule has 0 aliphatic carbocycles. The average molecular weight is 387 g/mol. The van der Waals surface area contributed by atoms with Gasteiger partial charge in [0.15, 0.2) is 5.13 Å². The van der Waals surface area contributed by atoms with Crippen LogP contribution in [-0.2, 0) is 0 Å². The highest BCUT2D eigenvalue weighted by Gasteiger charge is 2.12. The number of hydrogen-bond donors (Lipinski definition) is 2. The molecule has 0 atom stereocenters. The normalized spacial score (nSPS) is 10.6. The summed E-state index contributed by atoms with van der Waals surface area (Å²) in [6.07, 6.45) is 0. The Balaban J connectivity index is 1.50. The molecular weight excluding hydrogens is 370 g/mol. The Morgan fingerprint density at radius 1 is 0.821 bits per heavy atom. The molecule has 6 heteroatoms.